The second-order valence-electron chi connectivity index (χ2n) is 7.74. The molecule has 5 nitrogen and oxygen atoms in total. The molecular formula is C23H24FN3O2. The van der Waals surface area contributed by atoms with E-state index in [1.54, 1.807) is 18.4 Å². The standard InChI is InChI=1S/C23H24FN3O2/c24-20-4-2-18(3-5-20)23-25-21(16-29-23)15-27-10-8-26(9-11-27)14-17-1-6-22-19(13-17)7-12-28-22/h1-6,13,16H,7-12,14-15H2. The van der Waals surface area contributed by atoms with E-state index in [4.69, 9.17) is 9.15 Å². The lowest BCUT2D eigenvalue weighted by molar-refractivity contribution is 0.121. The Labute approximate surface area is 169 Å². The number of benzene rings is 2. The predicted octanol–water partition coefficient (Wildman–Crippen LogP) is 3.73. The minimum atomic E-state index is -0.258. The number of hydrogen-bond donors (Lipinski definition) is 0. The summed E-state index contributed by atoms with van der Waals surface area (Å²) in [4.78, 5) is 9.47. The van der Waals surface area contributed by atoms with Crippen LogP contribution in [0.25, 0.3) is 11.5 Å². The van der Waals surface area contributed by atoms with Crippen LogP contribution in [0.1, 0.15) is 16.8 Å². The van der Waals surface area contributed by atoms with Gasteiger partial charge in [0.05, 0.1) is 12.3 Å². The zero-order chi connectivity index (χ0) is 19.6. The molecule has 0 atom stereocenters. The average molecular weight is 393 g/mol. The highest BCUT2D eigenvalue weighted by Crippen LogP contribution is 2.26. The van der Waals surface area contributed by atoms with Crippen LogP contribution in [0.15, 0.2) is 53.1 Å². The number of ether oxygens (including phenoxy) is 1. The smallest absolute Gasteiger partial charge is 0.226 e. The van der Waals surface area contributed by atoms with Crippen LogP contribution in [-0.2, 0) is 19.5 Å². The summed E-state index contributed by atoms with van der Waals surface area (Å²) in [5.74, 6) is 1.33. The van der Waals surface area contributed by atoms with E-state index in [0.29, 0.717) is 5.89 Å². The van der Waals surface area contributed by atoms with Gasteiger partial charge in [-0.3, -0.25) is 9.80 Å². The molecule has 0 aliphatic carbocycles. The molecule has 0 unspecified atom stereocenters. The van der Waals surface area contributed by atoms with E-state index < -0.39 is 0 Å². The van der Waals surface area contributed by atoms with E-state index in [-0.39, 0.29) is 5.82 Å². The summed E-state index contributed by atoms with van der Waals surface area (Å²) in [5.41, 5.74) is 4.41. The minimum Gasteiger partial charge on any atom is -0.493 e. The normalized spacial score (nSPS) is 17.3. The van der Waals surface area contributed by atoms with E-state index in [2.05, 4.69) is 33.0 Å². The van der Waals surface area contributed by atoms with Gasteiger partial charge in [-0.05, 0) is 41.5 Å². The Balaban J connectivity index is 1.14. The number of aromatic nitrogens is 1. The molecule has 2 aliphatic rings. The highest BCUT2D eigenvalue weighted by Gasteiger charge is 2.20. The van der Waals surface area contributed by atoms with E-state index in [1.165, 1.54) is 23.3 Å². The van der Waals surface area contributed by atoms with E-state index in [1.807, 2.05) is 0 Å². The van der Waals surface area contributed by atoms with Crippen molar-refractivity contribution in [2.45, 2.75) is 19.5 Å². The molecule has 29 heavy (non-hydrogen) atoms. The summed E-state index contributed by atoms with van der Waals surface area (Å²) in [6, 6.07) is 12.8. The number of hydrogen-bond acceptors (Lipinski definition) is 5. The fourth-order valence-corrected chi connectivity index (χ4v) is 4.04. The number of oxazole rings is 1. The summed E-state index contributed by atoms with van der Waals surface area (Å²) in [6.45, 7) is 6.66. The summed E-state index contributed by atoms with van der Waals surface area (Å²) in [7, 11) is 0. The van der Waals surface area contributed by atoms with Gasteiger partial charge >= 0.3 is 0 Å². The Morgan fingerprint density at radius 1 is 0.931 bits per heavy atom. The number of nitrogens with zero attached hydrogens (tertiary/aromatic N) is 3. The topological polar surface area (TPSA) is 41.7 Å². The van der Waals surface area contributed by atoms with Crippen molar-refractivity contribution in [1.29, 1.82) is 0 Å². The first-order valence-corrected chi connectivity index (χ1v) is 10.1. The fourth-order valence-electron chi connectivity index (χ4n) is 4.04. The van der Waals surface area contributed by atoms with Crippen molar-refractivity contribution in [3.8, 4) is 17.2 Å². The van der Waals surface area contributed by atoms with Crippen LogP contribution in [0.4, 0.5) is 4.39 Å². The van der Waals surface area contributed by atoms with Crippen LogP contribution in [-0.4, -0.2) is 47.6 Å². The van der Waals surface area contributed by atoms with Crippen LogP contribution in [0.3, 0.4) is 0 Å². The quantitative estimate of drug-likeness (QED) is 0.661. The van der Waals surface area contributed by atoms with Gasteiger partial charge in [0.1, 0.15) is 17.8 Å². The van der Waals surface area contributed by atoms with Crippen LogP contribution < -0.4 is 4.74 Å². The number of piperazine rings is 1. The van der Waals surface area contributed by atoms with Crippen molar-refractivity contribution in [2.24, 2.45) is 0 Å². The minimum absolute atomic E-state index is 0.258. The van der Waals surface area contributed by atoms with Gasteiger partial charge in [-0.1, -0.05) is 12.1 Å². The molecule has 5 rings (SSSR count). The maximum atomic E-state index is 13.1. The van der Waals surface area contributed by atoms with Crippen LogP contribution in [0, 0.1) is 5.82 Å². The molecule has 0 saturated carbocycles. The second-order valence-corrected chi connectivity index (χ2v) is 7.74. The molecule has 0 amide bonds. The molecule has 1 fully saturated rings. The number of rotatable bonds is 5. The SMILES string of the molecule is Fc1ccc(-c2nc(CN3CCN(Cc4ccc5c(c4)CCO5)CC3)co2)cc1. The molecule has 0 bridgehead atoms. The molecule has 0 spiro atoms. The van der Waals surface area contributed by atoms with Crippen molar-refractivity contribution in [3.05, 3.63) is 71.4 Å². The highest BCUT2D eigenvalue weighted by atomic mass is 19.1. The van der Waals surface area contributed by atoms with Crippen LogP contribution in [0.2, 0.25) is 0 Å². The molecule has 1 saturated heterocycles. The first-order chi connectivity index (χ1) is 14.2. The molecule has 6 heteroatoms. The van der Waals surface area contributed by atoms with E-state index in [0.717, 1.165) is 69.3 Å². The molecular weight excluding hydrogens is 369 g/mol. The van der Waals surface area contributed by atoms with Gasteiger partial charge in [-0.2, -0.15) is 0 Å². The first-order valence-electron chi connectivity index (χ1n) is 10.1. The van der Waals surface area contributed by atoms with Crippen LogP contribution in [0.5, 0.6) is 5.75 Å². The second kappa shape index (κ2) is 7.97. The lowest BCUT2D eigenvalue weighted by Gasteiger charge is -2.34. The molecule has 1 aromatic heterocycles. The zero-order valence-electron chi connectivity index (χ0n) is 16.3. The Bertz CT molecular complexity index is 978. The van der Waals surface area contributed by atoms with Crippen LogP contribution >= 0.6 is 0 Å². The predicted molar refractivity (Wildman–Crippen MR) is 108 cm³/mol. The Morgan fingerprint density at radius 3 is 2.48 bits per heavy atom. The highest BCUT2D eigenvalue weighted by molar-refractivity contribution is 5.52. The van der Waals surface area contributed by atoms with Gasteiger partial charge in [0, 0.05) is 51.3 Å². The molecule has 150 valence electrons. The molecule has 2 aromatic carbocycles. The third kappa shape index (κ3) is 4.18. The van der Waals surface area contributed by atoms with Gasteiger partial charge in [-0.25, -0.2) is 9.37 Å². The lowest BCUT2D eigenvalue weighted by atomic mass is 10.1. The fraction of sp³-hybridized carbons (Fsp3) is 0.348. The third-order valence-corrected chi connectivity index (χ3v) is 5.65. The maximum absolute atomic E-state index is 13.1. The third-order valence-electron chi connectivity index (χ3n) is 5.65. The number of fused-ring (bicyclic) bond motifs is 1. The summed E-state index contributed by atoms with van der Waals surface area (Å²) < 4.78 is 24.3. The van der Waals surface area contributed by atoms with Crippen molar-refractivity contribution in [2.75, 3.05) is 32.8 Å². The molecule has 0 N–H and O–H groups in total. The summed E-state index contributed by atoms with van der Waals surface area (Å²) in [5, 5.41) is 0. The molecule has 3 aromatic rings. The Kier molecular flexibility index (Phi) is 5.04. The Hall–Kier alpha value is -2.70. The summed E-state index contributed by atoms with van der Waals surface area (Å²) >= 11 is 0. The Morgan fingerprint density at radius 2 is 1.69 bits per heavy atom. The molecule has 2 aliphatic heterocycles. The number of halogens is 1. The lowest BCUT2D eigenvalue weighted by Crippen LogP contribution is -2.45. The largest absolute Gasteiger partial charge is 0.493 e. The monoisotopic (exact) mass is 393 g/mol. The van der Waals surface area contributed by atoms with Crippen molar-refractivity contribution < 1.29 is 13.5 Å². The van der Waals surface area contributed by atoms with Crippen molar-refractivity contribution in [1.82, 2.24) is 14.8 Å². The van der Waals surface area contributed by atoms with E-state index >= 15 is 0 Å². The average Bonchev–Trinajstić information content (AvgIpc) is 3.39. The zero-order valence-corrected chi connectivity index (χ0v) is 16.3. The van der Waals surface area contributed by atoms with Gasteiger partial charge in [0.15, 0.2) is 0 Å². The maximum Gasteiger partial charge on any atom is 0.226 e. The molecule has 0 radical (unpaired) electrons. The van der Waals surface area contributed by atoms with Crippen molar-refractivity contribution >= 4 is 0 Å². The van der Waals surface area contributed by atoms with Gasteiger partial charge in [0.2, 0.25) is 5.89 Å². The van der Waals surface area contributed by atoms with Gasteiger partial charge in [0.25, 0.3) is 0 Å². The summed E-state index contributed by atoms with van der Waals surface area (Å²) in [6.07, 6.45) is 2.73. The molecule has 3 heterocycles. The van der Waals surface area contributed by atoms with E-state index in [9.17, 15) is 4.39 Å². The van der Waals surface area contributed by atoms with Gasteiger partial charge in [-0.15, -0.1) is 0 Å². The van der Waals surface area contributed by atoms with Crippen molar-refractivity contribution in [3.63, 3.8) is 0 Å². The van der Waals surface area contributed by atoms with Gasteiger partial charge < -0.3 is 9.15 Å². The first kappa shape index (κ1) is 18.3.